The Bertz CT molecular complexity index is 881. The Balaban J connectivity index is 0.00000256. The van der Waals surface area contributed by atoms with Gasteiger partial charge in [0.2, 0.25) is 0 Å². The van der Waals surface area contributed by atoms with Crippen molar-refractivity contribution >= 4 is 24.2 Å². The van der Waals surface area contributed by atoms with Gasteiger partial charge in [-0.1, -0.05) is 12.1 Å². The Morgan fingerprint density at radius 1 is 1.03 bits per heavy atom. The van der Waals surface area contributed by atoms with Crippen LogP contribution in [0.4, 0.5) is 4.39 Å². The lowest BCUT2D eigenvalue weighted by atomic mass is 9.92. The Hall–Kier alpha value is -2.58. The highest BCUT2D eigenvalue weighted by molar-refractivity contribution is 6.04. The minimum atomic E-state index is -0.471. The zero-order chi connectivity index (χ0) is 20.2. The summed E-state index contributed by atoms with van der Waals surface area (Å²) < 4.78 is 13.0. The molecule has 0 unspecified atom stereocenters. The standard InChI is InChI=1S/C21H24FN5O2.ClH/c22-17-3-1-14(2-4-17)11-26-20(28)18-19(25-8-7-24-18)21(29)27-9-5-15-12-23-13-16(15)6-10-27;/h1-4,7-8,15-16,23H,5-6,9-13H2,(H,26,28);1H/t15-,16+;. The lowest BCUT2D eigenvalue weighted by Crippen LogP contribution is -2.36. The predicted octanol–water partition coefficient (Wildman–Crippen LogP) is 2.04. The second kappa shape index (κ2) is 9.95. The Labute approximate surface area is 180 Å². The van der Waals surface area contributed by atoms with E-state index >= 15 is 0 Å². The summed E-state index contributed by atoms with van der Waals surface area (Å²) in [6.07, 6.45) is 4.74. The molecule has 0 radical (unpaired) electrons. The topological polar surface area (TPSA) is 87.2 Å². The van der Waals surface area contributed by atoms with Gasteiger partial charge in [0, 0.05) is 32.0 Å². The lowest BCUT2D eigenvalue weighted by Gasteiger charge is -2.21. The molecule has 160 valence electrons. The molecule has 1 aromatic carbocycles. The summed E-state index contributed by atoms with van der Waals surface area (Å²) in [6, 6.07) is 5.87. The average molecular weight is 434 g/mol. The van der Waals surface area contributed by atoms with Crippen molar-refractivity contribution in [3.63, 3.8) is 0 Å². The molecule has 2 aliphatic rings. The van der Waals surface area contributed by atoms with Crippen molar-refractivity contribution in [3.05, 3.63) is 59.4 Å². The third-order valence-electron chi connectivity index (χ3n) is 5.79. The molecule has 7 nitrogen and oxygen atoms in total. The van der Waals surface area contributed by atoms with E-state index in [0.717, 1.165) is 31.5 Å². The number of nitrogens with one attached hydrogen (secondary N) is 2. The predicted molar refractivity (Wildman–Crippen MR) is 112 cm³/mol. The van der Waals surface area contributed by atoms with Crippen molar-refractivity contribution < 1.29 is 14.0 Å². The Morgan fingerprint density at radius 3 is 2.27 bits per heavy atom. The average Bonchev–Trinajstić information content (AvgIpc) is 3.11. The molecule has 1 aromatic heterocycles. The van der Waals surface area contributed by atoms with Gasteiger partial charge in [-0.05, 0) is 55.5 Å². The van der Waals surface area contributed by atoms with E-state index in [4.69, 9.17) is 0 Å². The smallest absolute Gasteiger partial charge is 0.274 e. The van der Waals surface area contributed by atoms with Gasteiger partial charge in [-0.15, -0.1) is 12.4 Å². The molecule has 2 atom stereocenters. The van der Waals surface area contributed by atoms with Crippen molar-refractivity contribution in [3.8, 4) is 0 Å². The van der Waals surface area contributed by atoms with Crippen LogP contribution in [-0.4, -0.2) is 52.9 Å². The van der Waals surface area contributed by atoms with Crippen LogP contribution in [0.1, 0.15) is 39.4 Å². The molecular weight excluding hydrogens is 409 g/mol. The van der Waals surface area contributed by atoms with Crippen molar-refractivity contribution in [1.29, 1.82) is 0 Å². The number of hydrogen-bond acceptors (Lipinski definition) is 5. The zero-order valence-electron chi connectivity index (χ0n) is 16.5. The van der Waals surface area contributed by atoms with Crippen molar-refractivity contribution in [1.82, 2.24) is 25.5 Å². The second-order valence-corrected chi connectivity index (χ2v) is 7.61. The van der Waals surface area contributed by atoms with Crippen LogP contribution in [-0.2, 0) is 6.54 Å². The van der Waals surface area contributed by atoms with Crippen molar-refractivity contribution in [2.75, 3.05) is 26.2 Å². The number of fused-ring (bicyclic) bond motifs is 1. The minimum Gasteiger partial charge on any atom is -0.347 e. The highest BCUT2D eigenvalue weighted by Crippen LogP contribution is 2.27. The number of halogens is 2. The van der Waals surface area contributed by atoms with Crippen LogP contribution in [0.25, 0.3) is 0 Å². The molecule has 30 heavy (non-hydrogen) atoms. The highest BCUT2D eigenvalue weighted by atomic mass is 35.5. The lowest BCUT2D eigenvalue weighted by molar-refractivity contribution is 0.0744. The van der Waals surface area contributed by atoms with Crippen LogP contribution in [0.3, 0.4) is 0 Å². The number of hydrogen-bond donors (Lipinski definition) is 2. The number of amides is 2. The molecule has 0 spiro atoms. The first kappa shape index (κ1) is 22.1. The number of nitrogens with zero attached hydrogens (tertiary/aromatic N) is 3. The molecule has 3 heterocycles. The van der Waals surface area contributed by atoms with E-state index in [1.54, 1.807) is 17.0 Å². The summed E-state index contributed by atoms with van der Waals surface area (Å²) in [5.74, 6) is 0.153. The van der Waals surface area contributed by atoms with Crippen LogP contribution in [0.15, 0.2) is 36.7 Å². The van der Waals surface area contributed by atoms with Crippen LogP contribution >= 0.6 is 12.4 Å². The number of carbonyl (C=O) groups is 2. The van der Waals surface area contributed by atoms with E-state index < -0.39 is 5.91 Å². The quantitative estimate of drug-likeness (QED) is 0.770. The molecule has 2 N–H and O–H groups in total. The normalized spacial score (nSPS) is 20.6. The van der Waals surface area contributed by atoms with E-state index in [0.29, 0.717) is 24.9 Å². The summed E-state index contributed by atoms with van der Waals surface area (Å²) in [5, 5.41) is 6.16. The van der Waals surface area contributed by atoms with Gasteiger partial charge in [-0.3, -0.25) is 9.59 Å². The van der Waals surface area contributed by atoms with E-state index in [9.17, 15) is 14.0 Å². The van der Waals surface area contributed by atoms with Crippen molar-refractivity contribution in [2.24, 2.45) is 11.8 Å². The minimum absolute atomic E-state index is 0. The number of likely N-dealkylation sites (tertiary alicyclic amines) is 1. The fourth-order valence-electron chi connectivity index (χ4n) is 4.10. The SMILES string of the molecule is Cl.O=C(NCc1ccc(F)cc1)c1nccnc1C(=O)N1CC[C@@H]2CNC[C@@H]2CC1. The van der Waals surface area contributed by atoms with Crippen LogP contribution in [0.5, 0.6) is 0 Å². The van der Waals surface area contributed by atoms with Gasteiger partial charge in [0.1, 0.15) is 5.82 Å². The molecule has 0 bridgehead atoms. The first-order valence-electron chi connectivity index (χ1n) is 9.95. The first-order chi connectivity index (χ1) is 14.1. The molecule has 4 rings (SSSR count). The third kappa shape index (κ3) is 4.94. The molecule has 9 heteroatoms. The maximum absolute atomic E-state index is 13.1. The molecule has 2 aromatic rings. The molecule has 2 amide bonds. The van der Waals surface area contributed by atoms with Gasteiger partial charge in [-0.2, -0.15) is 0 Å². The molecule has 2 fully saturated rings. The van der Waals surface area contributed by atoms with Crippen LogP contribution < -0.4 is 10.6 Å². The summed E-state index contributed by atoms with van der Waals surface area (Å²) in [5.41, 5.74) is 0.851. The van der Waals surface area contributed by atoms with Gasteiger partial charge in [-0.25, -0.2) is 14.4 Å². The summed E-state index contributed by atoms with van der Waals surface area (Å²) >= 11 is 0. The number of aromatic nitrogens is 2. The number of carbonyl (C=O) groups excluding carboxylic acids is 2. The highest BCUT2D eigenvalue weighted by Gasteiger charge is 2.33. The maximum atomic E-state index is 13.1. The summed E-state index contributed by atoms with van der Waals surface area (Å²) in [6.45, 7) is 3.55. The molecule has 0 saturated carbocycles. The molecular formula is C21H25ClFN5O2. The number of rotatable bonds is 4. The second-order valence-electron chi connectivity index (χ2n) is 7.61. The Morgan fingerprint density at radius 2 is 1.63 bits per heavy atom. The first-order valence-corrected chi connectivity index (χ1v) is 9.95. The molecule has 2 saturated heterocycles. The van der Waals surface area contributed by atoms with Crippen LogP contribution in [0, 0.1) is 17.7 Å². The molecule has 2 aliphatic heterocycles. The summed E-state index contributed by atoms with van der Waals surface area (Å²) in [4.78, 5) is 35.8. The van der Waals surface area contributed by atoms with Gasteiger partial charge >= 0.3 is 0 Å². The third-order valence-corrected chi connectivity index (χ3v) is 5.79. The van der Waals surface area contributed by atoms with Gasteiger partial charge in [0.15, 0.2) is 11.4 Å². The van der Waals surface area contributed by atoms with Crippen molar-refractivity contribution in [2.45, 2.75) is 19.4 Å². The van der Waals surface area contributed by atoms with Gasteiger partial charge < -0.3 is 15.5 Å². The summed E-state index contributed by atoms with van der Waals surface area (Å²) in [7, 11) is 0. The molecule has 0 aliphatic carbocycles. The monoisotopic (exact) mass is 433 g/mol. The zero-order valence-corrected chi connectivity index (χ0v) is 17.3. The van der Waals surface area contributed by atoms with E-state index in [2.05, 4.69) is 20.6 Å². The van der Waals surface area contributed by atoms with E-state index in [1.165, 1.54) is 24.5 Å². The van der Waals surface area contributed by atoms with Crippen LogP contribution in [0.2, 0.25) is 0 Å². The fourth-order valence-corrected chi connectivity index (χ4v) is 4.10. The largest absolute Gasteiger partial charge is 0.347 e. The van der Waals surface area contributed by atoms with E-state index in [-0.39, 0.29) is 42.1 Å². The van der Waals surface area contributed by atoms with E-state index in [1.807, 2.05) is 0 Å². The fraction of sp³-hybridized carbons (Fsp3) is 0.429. The number of benzene rings is 1. The van der Waals surface area contributed by atoms with Gasteiger partial charge in [0.05, 0.1) is 0 Å². The van der Waals surface area contributed by atoms with Gasteiger partial charge in [0.25, 0.3) is 11.8 Å². The Kier molecular flexibility index (Phi) is 7.33. The maximum Gasteiger partial charge on any atom is 0.274 e.